The number of methoxy groups -OCH3 is 2. The largest absolute Gasteiger partial charge is 0.493 e. The van der Waals surface area contributed by atoms with Gasteiger partial charge in [-0.1, -0.05) is 20.8 Å². The van der Waals surface area contributed by atoms with Crippen LogP contribution < -0.4 is 20.1 Å². The first-order valence-electron chi connectivity index (χ1n) is 10.7. The standard InChI is InChI=1S/C13H18O2.C8H17BN2O4.CH4O/c1-9-4-5-10-7-12(14-2)13(15-3)8-11(10)6-9;1-6(2)3-7(9(14)15)11-8(13)4-10-5-12;1-2/h7-9H,4-6H2,1-3H3;5-7,14-15H,3-4H2,1-2H3,(H,10,12)(H,11,13);2H,1H3. The van der Waals surface area contributed by atoms with Crippen LogP contribution in [0.5, 0.6) is 11.5 Å². The lowest BCUT2D eigenvalue weighted by atomic mass is 9.75. The van der Waals surface area contributed by atoms with Crippen LogP contribution in [0.25, 0.3) is 0 Å². The molecule has 1 aromatic rings. The Hall–Kier alpha value is -2.30. The molecule has 1 aliphatic rings. The number of hydrogen-bond acceptors (Lipinski definition) is 7. The molecule has 0 saturated heterocycles. The lowest BCUT2D eigenvalue weighted by molar-refractivity contribution is -0.122. The molecule has 182 valence electrons. The molecule has 0 radical (unpaired) electrons. The SMILES string of the molecule is CC(C)CC(NC(=O)CNC=O)B(O)O.CO.COc1cc2c(cc1OC)CC(C)CC2. The van der Waals surface area contributed by atoms with Crippen molar-refractivity contribution >= 4 is 19.4 Å². The summed E-state index contributed by atoms with van der Waals surface area (Å²) in [5.74, 6) is 1.58. The van der Waals surface area contributed by atoms with Crippen LogP contribution in [0.1, 0.15) is 44.7 Å². The second-order valence-corrected chi connectivity index (χ2v) is 8.04. The number of amides is 2. The Morgan fingerprint density at radius 2 is 1.75 bits per heavy atom. The van der Waals surface area contributed by atoms with Gasteiger partial charge in [0.25, 0.3) is 0 Å². The molecule has 0 aliphatic heterocycles. The van der Waals surface area contributed by atoms with Crippen molar-refractivity contribution in [3.8, 4) is 11.5 Å². The van der Waals surface area contributed by atoms with Crippen LogP contribution in [0.2, 0.25) is 0 Å². The highest BCUT2D eigenvalue weighted by atomic mass is 16.5. The Balaban J connectivity index is 0.000000557. The van der Waals surface area contributed by atoms with Crippen LogP contribution in [-0.2, 0) is 22.4 Å². The molecule has 0 heterocycles. The van der Waals surface area contributed by atoms with E-state index in [4.69, 9.17) is 24.6 Å². The van der Waals surface area contributed by atoms with Crippen LogP contribution in [0.4, 0.5) is 0 Å². The minimum atomic E-state index is -1.59. The number of nitrogens with one attached hydrogen (secondary N) is 2. The Kier molecular flexibility index (Phi) is 15.2. The fourth-order valence-electron chi connectivity index (χ4n) is 3.42. The fraction of sp³-hybridized carbons (Fsp3) is 0.636. The number of ether oxygens (including phenoxy) is 2. The number of hydrogen-bond donors (Lipinski definition) is 5. The van der Waals surface area contributed by atoms with E-state index < -0.39 is 19.0 Å². The molecule has 32 heavy (non-hydrogen) atoms. The van der Waals surface area contributed by atoms with Crippen molar-refractivity contribution in [2.24, 2.45) is 11.8 Å². The van der Waals surface area contributed by atoms with Crippen molar-refractivity contribution < 1.29 is 34.2 Å². The summed E-state index contributed by atoms with van der Waals surface area (Å²) in [4.78, 5) is 21.1. The lowest BCUT2D eigenvalue weighted by Gasteiger charge is -2.23. The van der Waals surface area contributed by atoms with Crippen molar-refractivity contribution in [1.29, 1.82) is 0 Å². The number of carbonyl (C=O) groups is 2. The second kappa shape index (κ2) is 16.4. The maximum Gasteiger partial charge on any atom is 0.475 e. The highest BCUT2D eigenvalue weighted by molar-refractivity contribution is 6.43. The van der Waals surface area contributed by atoms with Gasteiger partial charge < -0.3 is 35.3 Å². The van der Waals surface area contributed by atoms with Crippen LogP contribution >= 0.6 is 0 Å². The molecule has 0 bridgehead atoms. The van der Waals surface area contributed by atoms with Gasteiger partial charge in [0.1, 0.15) is 0 Å². The fourth-order valence-corrected chi connectivity index (χ4v) is 3.42. The number of benzene rings is 1. The van der Waals surface area contributed by atoms with Crippen molar-refractivity contribution in [3.05, 3.63) is 23.3 Å². The third kappa shape index (κ3) is 10.8. The molecule has 10 heteroatoms. The van der Waals surface area contributed by atoms with E-state index in [2.05, 4.69) is 29.7 Å². The van der Waals surface area contributed by atoms with Gasteiger partial charge in [-0.15, -0.1) is 0 Å². The van der Waals surface area contributed by atoms with Crippen LogP contribution in [-0.4, -0.2) is 68.4 Å². The number of rotatable bonds is 9. The van der Waals surface area contributed by atoms with Crippen molar-refractivity contribution in [2.45, 2.75) is 52.4 Å². The van der Waals surface area contributed by atoms with Crippen LogP contribution in [0.15, 0.2) is 12.1 Å². The summed E-state index contributed by atoms with van der Waals surface area (Å²) in [6.45, 7) is 5.96. The summed E-state index contributed by atoms with van der Waals surface area (Å²) < 4.78 is 10.6. The molecule has 0 saturated carbocycles. The molecule has 0 spiro atoms. The average Bonchev–Trinajstić information content (AvgIpc) is 2.77. The first-order valence-corrected chi connectivity index (χ1v) is 10.7. The van der Waals surface area contributed by atoms with Crippen LogP contribution in [0.3, 0.4) is 0 Å². The van der Waals surface area contributed by atoms with Gasteiger partial charge in [-0.25, -0.2) is 0 Å². The van der Waals surface area contributed by atoms with Gasteiger partial charge in [0.2, 0.25) is 12.3 Å². The van der Waals surface area contributed by atoms with Gasteiger partial charge >= 0.3 is 7.12 Å². The molecule has 5 N–H and O–H groups in total. The Labute approximate surface area is 191 Å². The number of aryl methyl sites for hydroxylation is 1. The van der Waals surface area contributed by atoms with E-state index in [1.165, 1.54) is 17.5 Å². The van der Waals surface area contributed by atoms with E-state index >= 15 is 0 Å². The van der Waals surface area contributed by atoms with Crippen molar-refractivity contribution in [3.63, 3.8) is 0 Å². The summed E-state index contributed by atoms with van der Waals surface area (Å²) in [6, 6.07) is 4.25. The minimum absolute atomic E-state index is 0.162. The molecular weight excluding hydrogens is 415 g/mol. The summed E-state index contributed by atoms with van der Waals surface area (Å²) >= 11 is 0. The zero-order valence-electron chi connectivity index (χ0n) is 20.1. The molecule has 2 amide bonds. The Morgan fingerprint density at radius 1 is 1.19 bits per heavy atom. The summed E-state index contributed by atoms with van der Waals surface area (Å²) in [5, 5.41) is 29.6. The number of fused-ring (bicyclic) bond motifs is 1. The van der Waals surface area contributed by atoms with Crippen LogP contribution in [0, 0.1) is 11.8 Å². The van der Waals surface area contributed by atoms with Crippen molar-refractivity contribution in [2.75, 3.05) is 27.9 Å². The van der Waals surface area contributed by atoms with Gasteiger partial charge in [-0.05, 0) is 60.8 Å². The highest BCUT2D eigenvalue weighted by Crippen LogP contribution is 2.35. The maximum absolute atomic E-state index is 11.1. The van der Waals surface area contributed by atoms with E-state index in [1.807, 2.05) is 13.8 Å². The van der Waals surface area contributed by atoms with Gasteiger partial charge in [0, 0.05) is 7.11 Å². The zero-order valence-corrected chi connectivity index (χ0v) is 20.1. The third-order valence-corrected chi connectivity index (χ3v) is 4.96. The maximum atomic E-state index is 11.1. The summed E-state index contributed by atoms with van der Waals surface area (Å²) in [5.41, 5.74) is 2.84. The molecule has 0 fully saturated rings. The van der Waals surface area contributed by atoms with Crippen molar-refractivity contribution in [1.82, 2.24) is 10.6 Å². The van der Waals surface area contributed by atoms with E-state index in [1.54, 1.807) is 14.2 Å². The first kappa shape index (κ1) is 29.7. The predicted octanol–water partition coefficient (Wildman–Crippen LogP) is 0.712. The Morgan fingerprint density at radius 3 is 2.22 bits per heavy atom. The summed E-state index contributed by atoms with van der Waals surface area (Å²) in [7, 11) is 2.79. The number of carbonyl (C=O) groups excluding carboxylic acids is 2. The lowest BCUT2D eigenvalue weighted by Crippen LogP contribution is -2.49. The molecule has 1 aliphatic carbocycles. The number of aliphatic hydroxyl groups excluding tert-OH is 1. The summed E-state index contributed by atoms with van der Waals surface area (Å²) in [6.07, 6.45) is 4.48. The molecule has 9 nitrogen and oxygen atoms in total. The molecular formula is C22H39BN2O7. The predicted molar refractivity (Wildman–Crippen MR) is 125 cm³/mol. The third-order valence-electron chi connectivity index (χ3n) is 4.96. The zero-order chi connectivity index (χ0) is 24.7. The Bertz CT molecular complexity index is 686. The van der Waals surface area contributed by atoms with Gasteiger partial charge in [0.05, 0.1) is 26.7 Å². The van der Waals surface area contributed by atoms with Gasteiger partial charge in [-0.3, -0.25) is 9.59 Å². The molecule has 1 aromatic carbocycles. The van der Waals surface area contributed by atoms with Gasteiger partial charge in [-0.2, -0.15) is 0 Å². The normalized spacial score (nSPS) is 15.0. The van der Waals surface area contributed by atoms with E-state index in [0.717, 1.165) is 37.4 Å². The highest BCUT2D eigenvalue weighted by Gasteiger charge is 2.25. The smallest absolute Gasteiger partial charge is 0.475 e. The molecule has 2 unspecified atom stereocenters. The molecule has 2 rings (SSSR count). The first-order chi connectivity index (χ1) is 15.2. The second-order valence-electron chi connectivity index (χ2n) is 8.04. The molecule has 2 atom stereocenters. The van der Waals surface area contributed by atoms with Gasteiger partial charge in [0.15, 0.2) is 11.5 Å². The van der Waals surface area contributed by atoms with E-state index in [-0.39, 0.29) is 12.5 Å². The number of aliphatic hydroxyl groups is 1. The van der Waals surface area contributed by atoms with E-state index in [0.29, 0.717) is 12.8 Å². The topological polar surface area (TPSA) is 137 Å². The van der Waals surface area contributed by atoms with E-state index in [9.17, 15) is 9.59 Å². The molecule has 0 aromatic heterocycles. The minimum Gasteiger partial charge on any atom is -0.493 e. The average molecular weight is 454 g/mol. The quantitative estimate of drug-likeness (QED) is 0.274. The monoisotopic (exact) mass is 454 g/mol.